The number of hydrogen-bond donors (Lipinski definition) is 2. The molecule has 1 aromatic carbocycles. The molecule has 0 fully saturated rings. The van der Waals surface area contributed by atoms with E-state index >= 15 is 0 Å². The topological polar surface area (TPSA) is 76.7 Å². The number of alkyl halides is 2. The summed E-state index contributed by atoms with van der Waals surface area (Å²) in [5.74, 6) is -0.572. The lowest BCUT2D eigenvalue weighted by Gasteiger charge is -2.15. The number of hydrogen-bond acceptors (Lipinski definition) is 4. The third-order valence-electron chi connectivity index (χ3n) is 4.24. The average molecular weight is 427 g/mol. The Hall–Kier alpha value is -2.64. The first kappa shape index (κ1) is 25.4. The molecule has 1 aromatic rings. The van der Waals surface area contributed by atoms with E-state index in [1.54, 1.807) is 6.07 Å². The number of halogens is 2. The van der Waals surface area contributed by atoms with Crippen LogP contribution in [0.25, 0.3) is 6.08 Å². The van der Waals surface area contributed by atoms with Gasteiger partial charge in [0.05, 0.1) is 7.11 Å². The van der Waals surface area contributed by atoms with Gasteiger partial charge in [0.25, 0.3) is 11.8 Å². The van der Waals surface area contributed by atoms with Gasteiger partial charge in [0.1, 0.15) is 5.57 Å². The Morgan fingerprint density at radius 3 is 1.97 bits per heavy atom. The van der Waals surface area contributed by atoms with Crippen molar-refractivity contribution in [3.8, 4) is 11.5 Å². The zero-order valence-electron chi connectivity index (χ0n) is 18.3. The number of ether oxygens (including phenoxy) is 2. The number of carbonyl (C=O) groups excluding carboxylic acids is 2. The summed E-state index contributed by atoms with van der Waals surface area (Å²) < 4.78 is 35.5. The van der Waals surface area contributed by atoms with Crippen LogP contribution in [-0.4, -0.2) is 38.6 Å². The summed E-state index contributed by atoms with van der Waals surface area (Å²) in [6.45, 7) is 5.78. The Bertz CT molecular complexity index is 706. The summed E-state index contributed by atoms with van der Waals surface area (Å²) in [5.41, 5.74) is -0.0439. The van der Waals surface area contributed by atoms with Gasteiger partial charge in [0, 0.05) is 18.7 Å². The summed E-state index contributed by atoms with van der Waals surface area (Å²) in [5, 5.41) is 5.43. The highest BCUT2D eigenvalue weighted by atomic mass is 19.3. The van der Waals surface area contributed by atoms with Crippen LogP contribution in [0.4, 0.5) is 8.78 Å². The molecule has 0 atom stereocenters. The fraction of sp³-hybridized carbons (Fsp3) is 0.545. The minimum absolute atomic E-state index is 0.0730. The molecular formula is C22H32F2N2O4. The molecule has 0 aromatic heterocycles. The number of amides is 2. The minimum Gasteiger partial charge on any atom is -0.493 e. The second kappa shape index (κ2) is 12.8. The monoisotopic (exact) mass is 426 g/mol. The molecule has 168 valence electrons. The number of nitrogens with one attached hydrogen (secondary N) is 2. The number of benzene rings is 1. The van der Waals surface area contributed by atoms with Gasteiger partial charge in [-0.2, -0.15) is 8.78 Å². The molecule has 2 N–H and O–H groups in total. The molecule has 2 amide bonds. The van der Waals surface area contributed by atoms with Crippen molar-refractivity contribution in [2.45, 2.75) is 47.1 Å². The second-order valence-corrected chi connectivity index (χ2v) is 7.69. The largest absolute Gasteiger partial charge is 0.493 e. The molecule has 0 unspecified atom stereocenters. The van der Waals surface area contributed by atoms with Crippen LogP contribution in [0, 0.1) is 11.8 Å². The summed E-state index contributed by atoms with van der Waals surface area (Å²) in [6, 6.07) is 4.50. The average Bonchev–Trinajstić information content (AvgIpc) is 2.65. The second-order valence-electron chi connectivity index (χ2n) is 7.69. The smallest absolute Gasteiger partial charge is 0.387 e. The van der Waals surface area contributed by atoms with E-state index in [9.17, 15) is 18.4 Å². The lowest BCUT2D eigenvalue weighted by atomic mass is 10.1. The first-order valence-electron chi connectivity index (χ1n) is 10.1. The fourth-order valence-corrected chi connectivity index (χ4v) is 2.55. The molecule has 0 saturated heterocycles. The van der Waals surface area contributed by atoms with E-state index in [4.69, 9.17) is 4.74 Å². The summed E-state index contributed by atoms with van der Waals surface area (Å²) in [7, 11) is 1.32. The van der Waals surface area contributed by atoms with Gasteiger partial charge in [-0.05, 0) is 36.8 Å². The highest BCUT2D eigenvalue weighted by molar-refractivity contribution is 6.21. The van der Waals surface area contributed by atoms with Gasteiger partial charge >= 0.3 is 6.61 Å². The van der Waals surface area contributed by atoms with Gasteiger partial charge in [-0.3, -0.25) is 9.59 Å². The van der Waals surface area contributed by atoms with Crippen LogP contribution in [0.5, 0.6) is 11.5 Å². The van der Waals surface area contributed by atoms with Gasteiger partial charge in [-0.1, -0.05) is 39.8 Å². The van der Waals surface area contributed by atoms with E-state index in [1.165, 1.54) is 25.3 Å². The minimum atomic E-state index is -3.09. The number of carbonyl (C=O) groups is 2. The number of rotatable bonds is 12. The van der Waals surface area contributed by atoms with E-state index < -0.39 is 18.4 Å². The summed E-state index contributed by atoms with van der Waals surface area (Å²) in [4.78, 5) is 25.4. The van der Waals surface area contributed by atoms with Crippen molar-refractivity contribution in [3.05, 3.63) is 29.3 Å². The van der Waals surface area contributed by atoms with Crippen LogP contribution in [-0.2, 0) is 9.59 Å². The van der Waals surface area contributed by atoms with Gasteiger partial charge in [-0.25, -0.2) is 0 Å². The zero-order valence-corrected chi connectivity index (χ0v) is 18.3. The Kier molecular flexibility index (Phi) is 10.9. The maximum atomic E-state index is 12.9. The molecule has 0 spiro atoms. The standard InChI is InChI=1S/C22H32F2N2O4/c1-14(2)9-11-25-20(27)17(21(28)26-12-10-15(3)4)13-16-7-6-8-18(29-5)19(16)30-22(23)24/h6-8,13-15,22H,9-12H2,1-5H3,(H,25,27)(H,26,28). The number of methoxy groups -OCH3 is 1. The SMILES string of the molecule is COc1cccc(C=C(C(=O)NCCC(C)C)C(=O)NCCC(C)C)c1OC(F)F. The highest BCUT2D eigenvalue weighted by Crippen LogP contribution is 2.34. The van der Waals surface area contributed by atoms with Crippen LogP contribution < -0.4 is 20.1 Å². The van der Waals surface area contributed by atoms with Gasteiger partial charge in [0.2, 0.25) is 0 Å². The van der Waals surface area contributed by atoms with E-state index in [0.717, 1.165) is 12.8 Å². The van der Waals surface area contributed by atoms with Crippen molar-refractivity contribution >= 4 is 17.9 Å². The van der Waals surface area contributed by atoms with Crippen molar-refractivity contribution in [3.63, 3.8) is 0 Å². The van der Waals surface area contributed by atoms with Gasteiger partial charge in [-0.15, -0.1) is 0 Å². The van der Waals surface area contributed by atoms with E-state index in [-0.39, 0.29) is 22.6 Å². The molecular weight excluding hydrogens is 394 g/mol. The molecule has 0 heterocycles. The normalized spacial score (nSPS) is 10.9. The Labute approximate surface area is 177 Å². The third kappa shape index (κ3) is 8.80. The van der Waals surface area contributed by atoms with Crippen molar-refractivity contribution in [2.24, 2.45) is 11.8 Å². The number of para-hydroxylation sites is 1. The fourth-order valence-electron chi connectivity index (χ4n) is 2.55. The zero-order chi connectivity index (χ0) is 22.7. The van der Waals surface area contributed by atoms with E-state index in [0.29, 0.717) is 24.9 Å². The molecule has 6 nitrogen and oxygen atoms in total. The van der Waals surface area contributed by atoms with Crippen molar-refractivity contribution in [1.82, 2.24) is 10.6 Å². The van der Waals surface area contributed by atoms with Crippen LogP contribution in [0.3, 0.4) is 0 Å². The Morgan fingerprint density at radius 2 is 1.53 bits per heavy atom. The quantitative estimate of drug-likeness (QED) is 0.301. The maximum absolute atomic E-state index is 12.9. The first-order valence-corrected chi connectivity index (χ1v) is 10.1. The first-order chi connectivity index (χ1) is 14.1. The molecule has 0 saturated carbocycles. The Balaban J connectivity index is 3.24. The lowest BCUT2D eigenvalue weighted by Crippen LogP contribution is -2.36. The molecule has 8 heteroatoms. The maximum Gasteiger partial charge on any atom is 0.387 e. The highest BCUT2D eigenvalue weighted by Gasteiger charge is 2.21. The van der Waals surface area contributed by atoms with Crippen LogP contribution in [0.15, 0.2) is 23.8 Å². The summed E-state index contributed by atoms with van der Waals surface area (Å²) >= 11 is 0. The van der Waals surface area contributed by atoms with E-state index in [2.05, 4.69) is 15.4 Å². The molecule has 0 aliphatic carbocycles. The molecule has 0 bridgehead atoms. The molecule has 0 aliphatic rings. The lowest BCUT2D eigenvalue weighted by molar-refractivity contribution is -0.123. The predicted molar refractivity (Wildman–Crippen MR) is 113 cm³/mol. The van der Waals surface area contributed by atoms with E-state index in [1.807, 2.05) is 27.7 Å². The molecule has 30 heavy (non-hydrogen) atoms. The summed E-state index contributed by atoms with van der Waals surface area (Å²) in [6.07, 6.45) is 2.73. The van der Waals surface area contributed by atoms with Crippen LogP contribution in [0.1, 0.15) is 46.1 Å². The van der Waals surface area contributed by atoms with Gasteiger partial charge in [0.15, 0.2) is 11.5 Å². The van der Waals surface area contributed by atoms with Crippen LogP contribution >= 0.6 is 0 Å². The molecule has 1 rings (SSSR count). The molecule has 0 aliphatic heterocycles. The van der Waals surface area contributed by atoms with Gasteiger partial charge < -0.3 is 20.1 Å². The van der Waals surface area contributed by atoms with Crippen LogP contribution in [0.2, 0.25) is 0 Å². The van der Waals surface area contributed by atoms with Crippen molar-refractivity contribution < 1.29 is 27.8 Å². The molecule has 0 radical (unpaired) electrons. The van der Waals surface area contributed by atoms with Crippen molar-refractivity contribution in [2.75, 3.05) is 20.2 Å². The predicted octanol–water partition coefficient (Wildman–Crippen LogP) is 4.00. The van der Waals surface area contributed by atoms with Crippen molar-refractivity contribution in [1.29, 1.82) is 0 Å². The Morgan fingerprint density at radius 1 is 1.00 bits per heavy atom. The third-order valence-corrected chi connectivity index (χ3v) is 4.24.